The molecule has 1 rings (SSSR count). The Bertz CT molecular complexity index is 299. The zero-order chi connectivity index (χ0) is 8.43. The van der Waals surface area contributed by atoms with Gasteiger partial charge in [0, 0.05) is 5.69 Å². The zero-order valence-corrected chi connectivity index (χ0v) is 8.37. The van der Waals surface area contributed by atoms with Gasteiger partial charge in [-0.1, -0.05) is 6.07 Å². The van der Waals surface area contributed by atoms with Crippen LogP contribution in [0.1, 0.15) is 21.7 Å². The maximum Gasteiger partial charge on any atom is 0.270 e. The summed E-state index contributed by atoms with van der Waals surface area (Å²) in [6.45, 7) is 3.78. The molecule has 66 valence electrons. The highest BCUT2D eigenvalue weighted by Crippen LogP contribution is 2.06. The standard InChI is InChI=1S/C8H8ClNO.ClH/c1-5-3-4-7(8(9)11)10-6(5)2;/h3-4H,1-2H3;1H. The predicted molar refractivity (Wildman–Crippen MR) is 51.1 cm³/mol. The molecule has 0 bridgehead atoms. The lowest BCUT2D eigenvalue weighted by atomic mass is 10.2. The molecule has 1 aromatic rings. The second kappa shape index (κ2) is 4.43. The van der Waals surface area contributed by atoms with Crippen molar-refractivity contribution in [3.63, 3.8) is 0 Å². The summed E-state index contributed by atoms with van der Waals surface area (Å²) in [6.07, 6.45) is 0. The molecule has 0 aliphatic heterocycles. The molecular weight excluding hydrogens is 197 g/mol. The smallest absolute Gasteiger partial charge is 0.270 e. The van der Waals surface area contributed by atoms with E-state index in [-0.39, 0.29) is 12.4 Å². The number of hydrogen-bond acceptors (Lipinski definition) is 2. The topological polar surface area (TPSA) is 30.0 Å². The van der Waals surface area contributed by atoms with Crippen molar-refractivity contribution in [2.24, 2.45) is 0 Å². The first-order valence-corrected chi connectivity index (χ1v) is 3.63. The van der Waals surface area contributed by atoms with E-state index in [0.29, 0.717) is 5.69 Å². The van der Waals surface area contributed by atoms with E-state index >= 15 is 0 Å². The van der Waals surface area contributed by atoms with Crippen molar-refractivity contribution in [2.75, 3.05) is 0 Å². The largest absolute Gasteiger partial charge is 0.274 e. The summed E-state index contributed by atoms with van der Waals surface area (Å²) < 4.78 is 0. The van der Waals surface area contributed by atoms with Gasteiger partial charge in [0.25, 0.3) is 5.24 Å². The fraction of sp³-hybridized carbons (Fsp3) is 0.250. The summed E-state index contributed by atoms with van der Waals surface area (Å²) in [5, 5.41) is -0.506. The molecule has 2 nitrogen and oxygen atoms in total. The Labute approximate surface area is 82.4 Å². The Morgan fingerprint density at radius 3 is 2.42 bits per heavy atom. The maximum atomic E-state index is 10.6. The van der Waals surface area contributed by atoms with E-state index < -0.39 is 5.24 Å². The Kier molecular flexibility index (Phi) is 4.21. The molecule has 0 atom stereocenters. The van der Waals surface area contributed by atoms with Crippen molar-refractivity contribution in [1.82, 2.24) is 4.98 Å². The minimum absolute atomic E-state index is 0. The van der Waals surface area contributed by atoms with Gasteiger partial charge in [-0.2, -0.15) is 0 Å². The van der Waals surface area contributed by atoms with Crippen LogP contribution in [-0.4, -0.2) is 10.2 Å². The van der Waals surface area contributed by atoms with Crippen molar-refractivity contribution in [3.8, 4) is 0 Å². The Balaban J connectivity index is 0.00000121. The molecule has 0 amide bonds. The van der Waals surface area contributed by atoms with Gasteiger partial charge in [-0.3, -0.25) is 4.79 Å². The van der Waals surface area contributed by atoms with E-state index in [1.165, 1.54) is 0 Å². The van der Waals surface area contributed by atoms with E-state index in [4.69, 9.17) is 11.6 Å². The van der Waals surface area contributed by atoms with E-state index in [2.05, 4.69) is 4.98 Å². The molecule has 0 aliphatic rings. The van der Waals surface area contributed by atoms with Gasteiger partial charge in [0.15, 0.2) is 0 Å². The zero-order valence-electron chi connectivity index (χ0n) is 6.80. The van der Waals surface area contributed by atoms with Gasteiger partial charge < -0.3 is 0 Å². The number of carbonyl (C=O) groups is 1. The molecule has 12 heavy (non-hydrogen) atoms. The van der Waals surface area contributed by atoms with E-state index in [9.17, 15) is 4.79 Å². The molecule has 0 radical (unpaired) electrons. The number of aryl methyl sites for hydroxylation is 2. The van der Waals surface area contributed by atoms with Gasteiger partial charge in [0.2, 0.25) is 0 Å². The number of hydrogen-bond donors (Lipinski definition) is 0. The highest BCUT2D eigenvalue weighted by atomic mass is 35.5. The van der Waals surface area contributed by atoms with Gasteiger partial charge >= 0.3 is 0 Å². The molecular formula is C8H9Cl2NO. The lowest BCUT2D eigenvalue weighted by Gasteiger charge is -1.98. The highest BCUT2D eigenvalue weighted by Gasteiger charge is 2.03. The first-order valence-electron chi connectivity index (χ1n) is 3.25. The van der Waals surface area contributed by atoms with Crippen LogP contribution in [0.3, 0.4) is 0 Å². The molecule has 0 spiro atoms. The summed E-state index contributed by atoms with van der Waals surface area (Å²) in [4.78, 5) is 14.6. The molecule has 0 aromatic carbocycles. The Hall–Kier alpha value is -0.600. The van der Waals surface area contributed by atoms with Gasteiger partial charge in [-0.15, -0.1) is 12.4 Å². The molecule has 0 fully saturated rings. The molecule has 0 saturated heterocycles. The van der Waals surface area contributed by atoms with Crippen LogP contribution in [0.25, 0.3) is 0 Å². The maximum absolute atomic E-state index is 10.6. The number of aromatic nitrogens is 1. The summed E-state index contributed by atoms with van der Waals surface area (Å²) >= 11 is 5.23. The lowest BCUT2D eigenvalue weighted by molar-refractivity contribution is 0.107. The van der Waals surface area contributed by atoms with Crippen molar-refractivity contribution >= 4 is 29.3 Å². The average Bonchev–Trinajstić information content (AvgIpc) is 1.94. The van der Waals surface area contributed by atoms with Gasteiger partial charge in [-0.25, -0.2) is 4.98 Å². The first kappa shape index (κ1) is 11.4. The number of rotatable bonds is 1. The van der Waals surface area contributed by atoms with Crippen molar-refractivity contribution in [2.45, 2.75) is 13.8 Å². The number of carbonyl (C=O) groups excluding carboxylic acids is 1. The minimum atomic E-state index is -0.506. The van der Waals surface area contributed by atoms with Crippen LogP contribution >= 0.6 is 24.0 Å². The lowest BCUT2D eigenvalue weighted by Crippen LogP contribution is -1.96. The van der Waals surface area contributed by atoms with Crippen LogP contribution in [0.4, 0.5) is 0 Å². The van der Waals surface area contributed by atoms with Crippen molar-refractivity contribution in [1.29, 1.82) is 0 Å². The van der Waals surface area contributed by atoms with Crippen molar-refractivity contribution in [3.05, 3.63) is 29.1 Å². The van der Waals surface area contributed by atoms with Crippen molar-refractivity contribution < 1.29 is 4.79 Å². The van der Waals surface area contributed by atoms with Gasteiger partial charge in [0.05, 0.1) is 0 Å². The fourth-order valence-electron chi connectivity index (χ4n) is 0.740. The number of pyridine rings is 1. The molecule has 0 saturated carbocycles. The second-order valence-corrected chi connectivity index (χ2v) is 2.72. The monoisotopic (exact) mass is 205 g/mol. The third kappa shape index (κ3) is 2.47. The van der Waals surface area contributed by atoms with E-state index in [0.717, 1.165) is 11.3 Å². The second-order valence-electron chi connectivity index (χ2n) is 2.37. The van der Waals surface area contributed by atoms with Crippen LogP contribution < -0.4 is 0 Å². The van der Waals surface area contributed by atoms with Gasteiger partial charge in [-0.05, 0) is 37.1 Å². The SMILES string of the molecule is Cc1ccc(C(=O)Cl)nc1C.Cl. The van der Waals surface area contributed by atoms with Crippen LogP contribution in [0.5, 0.6) is 0 Å². The average molecular weight is 206 g/mol. The molecule has 0 N–H and O–H groups in total. The number of nitrogens with zero attached hydrogens (tertiary/aromatic N) is 1. The molecule has 0 unspecified atom stereocenters. The minimum Gasteiger partial charge on any atom is -0.274 e. The third-order valence-corrected chi connectivity index (χ3v) is 1.75. The van der Waals surface area contributed by atoms with Crippen LogP contribution in [0, 0.1) is 13.8 Å². The molecule has 1 heterocycles. The summed E-state index contributed by atoms with van der Waals surface area (Å²) in [7, 11) is 0. The number of halogens is 2. The van der Waals surface area contributed by atoms with Gasteiger partial charge in [0.1, 0.15) is 5.69 Å². The Morgan fingerprint density at radius 2 is 2.00 bits per heavy atom. The van der Waals surface area contributed by atoms with E-state index in [1.54, 1.807) is 6.07 Å². The normalized spacial score (nSPS) is 8.92. The highest BCUT2D eigenvalue weighted by molar-refractivity contribution is 6.67. The predicted octanol–water partition coefficient (Wildman–Crippen LogP) is 2.50. The third-order valence-electron chi connectivity index (χ3n) is 1.55. The quantitative estimate of drug-likeness (QED) is 0.660. The fourth-order valence-corrected chi connectivity index (χ4v) is 0.845. The summed E-state index contributed by atoms with van der Waals surface area (Å²) in [5.41, 5.74) is 2.22. The first-order chi connectivity index (χ1) is 5.11. The van der Waals surface area contributed by atoms with Crippen LogP contribution in [0.15, 0.2) is 12.1 Å². The van der Waals surface area contributed by atoms with Crippen LogP contribution in [-0.2, 0) is 0 Å². The summed E-state index contributed by atoms with van der Waals surface area (Å²) in [6, 6.07) is 3.45. The molecule has 0 aliphatic carbocycles. The molecule has 4 heteroatoms. The Morgan fingerprint density at radius 1 is 1.42 bits per heavy atom. The van der Waals surface area contributed by atoms with Crippen LogP contribution in [0.2, 0.25) is 0 Å². The summed E-state index contributed by atoms with van der Waals surface area (Å²) in [5.74, 6) is 0. The molecule has 1 aromatic heterocycles. The van der Waals surface area contributed by atoms with E-state index in [1.807, 2.05) is 19.9 Å².